The normalized spacial score (nSPS) is 10.2. The molecule has 0 aliphatic carbocycles. The van der Waals surface area contributed by atoms with E-state index in [0.29, 0.717) is 29.2 Å². The third kappa shape index (κ3) is 7.15. The van der Waals surface area contributed by atoms with Crippen LogP contribution in [0.3, 0.4) is 0 Å². The van der Waals surface area contributed by atoms with Crippen LogP contribution < -0.4 is 10.6 Å². The van der Waals surface area contributed by atoms with Gasteiger partial charge < -0.3 is 15.7 Å². The molecule has 0 atom stereocenters. The van der Waals surface area contributed by atoms with E-state index in [1.54, 1.807) is 24.3 Å². The minimum absolute atomic E-state index is 0. The van der Waals surface area contributed by atoms with Gasteiger partial charge in [-0.3, -0.25) is 15.0 Å². The number of carboxylic acid groups (broad SMARTS) is 1. The minimum Gasteiger partial charge on any atom is -0.481 e. The maximum absolute atomic E-state index is 12.7. The highest BCUT2D eigenvalue weighted by atomic mass is 35.5. The average Bonchev–Trinajstić information content (AvgIpc) is 2.77. The van der Waals surface area contributed by atoms with Gasteiger partial charge in [0.25, 0.3) is 5.91 Å². The molecular formula is C25H25Cl2N3O3. The van der Waals surface area contributed by atoms with Crippen molar-refractivity contribution >= 4 is 41.7 Å². The summed E-state index contributed by atoms with van der Waals surface area (Å²) in [7, 11) is 0. The summed E-state index contributed by atoms with van der Waals surface area (Å²) in [5.74, 6) is -1.19. The Morgan fingerprint density at radius 3 is 2.27 bits per heavy atom. The first-order valence-corrected chi connectivity index (χ1v) is 10.5. The number of amidine groups is 1. The van der Waals surface area contributed by atoms with Crippen LogP contribution in [0, 0.1) is 12.3 Å². The van der Waals surface area contributed by atoms with E-state index in [1.807, 2.05) is 49.4 Å². The molecule has 8 heteroatoms. The lowest BCUT2D eigenvalue weighted by Crippen LogP contribution is -2.30. The summed E-state index contributed by atoms with van der Waals surface area (Å²) in [6.45, 7) is 2.84. The van der Waals surface area contributed by atoms with Gasteiger partial charge in [-0.25, -0.2) is 0 Å². The molecule has 172 valence electrons. The molecular weight excluding hydrogens is 461 g/mol. The first kappa shape index (κ1) is 26.1. The van der Waals surface area contributed by atoms with Crippen LogP contribution in [0.15, 0.2) is 66.7 Å². The number of hydrogen-bond donors (Lipinski definition) is 4. The first-order chi connectivity index (χ1) is 15.3. The molecule has 0 unspecified atom stereocenters. The number of aliphatic carboxylic acids is 1. The third-order valence-electron chi connectivity index (χ3n) is 4.98. The number of amides is 1. The zero-order valence-corrected chi connectivity index (χ0v) is 19.6. The monoisotopic (exact) mass is 485 g/mol. The number of hydrogen-bond acceptors (Lipinski definition) is 4. The van der Waals surface area contributed by atoms with Gasteiger partial charge in [-0.1, -0.05) is 60.1 Å². The number of carbonyl (C=O) groups is 2. The van der Waals surface area contributed by atoms with E-state index in [4.69, 9.17) is 22.1 Å². The molecule has 0 spiro atoms. The second-order valence-corrected chi connectivity index (χ2v) is 7.76. The third-order valence-corrected chi connectivity index (χ3v) is 5.31. The molecule has 0 bridgehead atoms. The first-order valence-electron chi connectivity index (χ1n) is 10.1. The number of carbonyl (C=O) groups excluding carboxylic acids is 1. The van der Waals surface area contributed by atoms with Gasteiger partial charge in [0.05, 0.1) is 6.42 Å². The Labute approximate surface area is 203 Å². The van der Waals surface area contributed by atoms with Crippen molar-refractivity contribution in [1.29, 1.82) is 5.41 Å². The molecule has 0 saturated carbocycles. The van der Waals surface area contributed by atoms with Crippen LogP contribution >= 0.6 is 24.0 Å². The van der Waals surface area contributed by atoms with E-state index in [9.17, 15) is 9.59 Å². The van der Waals surface area contributed by atoms with Crippen LogP contribution in [-0.4, -0.2) is 29.4 Å². The number of nitrogens with one attached hydrogen (secondary N) is 3. The van der Waals surface area contributed by atoms with Crippen molar-refractivity contribution in [3.8, 4) is 11.1 Å². The fourth-order valence-electron chi connectivity index (χ4n) is 3.26. The van der Waals surface area contributed by atoms with E-state index >= 15 is 0 Å². The van der Waals surface area contributed by atoms with E-state index in [1.165, 1.54) is 0 Å². The fraction of sp³-hybridized carbons (Fsp3) is 0.160. The van der Waals surface area contributed by atoms with Gasteiger partial charge in [-0.2, -0.15) is 0 Å². The maximum atomic E-state index is 12.7. The molecule has 0 fully saturated rings. The Balaban J connectivity index is 0.00000385. The zero-order valence-electron chi connectivity index (χ0n) is 18.0. The summed E-state index contributed by atoms with van der Waals surface area (Å²) in [4.78, 5) is 23.2. The van der Waals surface area contributed by atoms with Crippen LogP contribution in [0.25, 0.3) is 11.1 Å². The molecule has 0 aromatic heterocycles. The van der Waals surface area contributed by atoms with Crippen LogP contribution in [0.2, 0.25) is 5.02 Å². The molecule has 4 N–H and O–H groups in total. The van der Waals surface area contributed by atoms with E-state index in [-0.39, 0.29) is 30.6 Å². The number of rotatable bonds is 8. The van der Waals surface area contributed by atoms with E-state index < -0.39 is 5.97 Å². The number of carboxylic acids is 1. The Morgan fingerprint density at radius 1 is 0.970 bits per heavy atom. The number of benzene rings is 3. The number of halogens is 2. The predicted octanol–water partition coefficient (Wildman–Crippen LogP) is 5.06. The zero-order chi connectivity index (χ0) is 23.1. The quantitative estimate of drug-likeness (QED) is 0.203. The Hall–Kier alpha value is -3.19. The second kappa shape index (κ2) is 12.2. The van der Waals surface area contributed by atoms with E-state index in [0.717, 1.165) is 22.3 Å². The van der Waals surface area contributed by atoms with E-state index in [2.05, 4.69) is 10.6 Å². The molecule has 33 heavy (non-hydrogen) atoms. The fourth-order valence-corrected chi connectivity index (χ4v) is 3.50. The van der Waals surface area contributed by atoms with Crippen molar-refractivity contribution in [2.24, 2.45) is 0 Å². The summed E-state index contributed by atoms with van der Waals surface area (Å²) >= 11 is 6.29. The molecule has 0 heterocycles. The molecule has 3 aromatic carbocycles. The van der Waals surface area contributed by atoms with Gasteiger partial charge >= 0.3 is 5.97 Å². The summed E-state index contributed by atoms with van der Waals surface area (Å²) < 4.78 is 0. The topological polar surface area (TPSA) is 102 Å². The lowest BCUT2D eigenvalue weighted by atomic mass is 9.98. The van der Waals surface area contributed by atoms with Crippen LogP contribution in [-0.2, 0) is 11.3 Å². The average molecular weight is 486 g/mol. The van der Waals surface area contributed by atoms with Crippen molar-refractivity contribution < 1.29 is 14.7 Å². The summed E-state index contributed by atoms with van der Waals surface area (Å²) in [6, 6.07) is 20.1. The van der Waals surface area contributed by atoms with Gasteiger partial charge in [0, 0.05) is 34.8 Å². The lowest BCUT2D eigenvalue weighted by Gasteiger charge is -2.12. The van der Waals surface area contributed by atoms with Crippen molar-refractivity contribution in [3.05, 3.63) is 94.0 Å². The smallest absolute Gasteiger partial charge is 0.304 e. The highest BCUT2D eigenvalue weighted by molar-refractivity contribution is 6.33. The summed E-state index contributed by atoms with van der Waals surface area (Å²) in [6.07, 6.45) is 0.0631. The summed E-state index contributed by atoms with van der Waals surface area (Å²) in [5, 5.41) is 23.2. The van der Waals surface area contributed by atoms with Gasteiger partial charge in [0.2, 0.25) is 0 Å². The van der Waals surface area contributed by atoms with Gasteiger partial charge in [-0.05, 0) is 41.8 Å². The van der Waals surface area contributed by atoms with Crippen LogP contribution in [0.1, 0.15) is 33.5 Å². The van der Waals surface area contributed by atoms with Crippen LogP contribution in [0.5, 0.6) is 0 Å². The minimum atomic E-state index is -0.842. The highest BCUT2D eigenvalue weighted by Gasteiger charge is 2.13. The van der Waals surface area contributed by atoms with Gasteiger partial charge in [0.15, 0.2) is 0 Å². The molecule has 3 rings (SSSR count). The van der Waals surface area contributed by atoms with Crippen molar-refractivity contribution in [2.45, 2.75) is 19.9 Å². The molecule has 0 aliphatic rings. The number of aryl methyl sites for hydroxylation is 1. The molecule has 0 saturated heterocycles. The maximum Gasteiger partial charge on any atom is 0.304 e. The SMILES string of the molecule is Cc1cc(C(=O)NC(=N)c2ccc(CNCCC(=O)O)cc2)ccc1-c1ccccc1Cl.Cl. The summed E-state index contributed by atoms with van der Waals surface area (Å²) in [5.41, 5.74) is 4.78. The second-order valence-electron chi connectivity index (χ2n) is 7.36. The molecule has 6 nitrogen and oxygen atoms in total. The molecule has 0 aliphatic heterocycles. The molecule has 1 amide bonds. The standard InChI is InChI=1S/C25H24ClN3O3.ClH/c1-16-14-19(10-11-20(16)21-4-2-3-5-22(21)26)25(32)29-24(27)18-8-6-17(7-9-18)15-28-13-12-23(30)31;/h2-11,14,28H,12-13,15H2,1H3,(H,30,31)(H2,27,29,32);1H. The van der Waals surface area contributed by atoms with Crippen molar-refractivity contribution in [2.75, 3.05) is 6.54 Å². The van der Waals surface area contributed by atoms with Crippen molar-refractivity contribution in [3.63, 3.8) is 0 Å². The van der Waals surface area contributed by atoms with Crippen molar-refractivity contribution in [1.82, 2.24) is 10.6 Å². The molecule has 3 aromatic rings. The van der Waals surface area contributed by atoms with Gasteiger partial charge in [0.1, 0.15) is 5.84 Å². The Morgan fingerprint density at radius 2 is 1.64 bits per heavy atom. The van der Waals surface area contributed by atoms with Crippen LogP contribution in [0.4, 0.5) is 0 Å². The highest BCUT2D eigenvalue weighted by Crippen LogP contribution is 2.30. The largest absolute Gasteiger partial charge is 0.481 e. The lowest BCUT2D eigenvalue weighted by molar-refractivity contribution is -0.136. The predicted molar refractivity (Wildman–Crippen MR) is 134 cm³/mol. The Kier molecular flexibility index (Phi) is 9.60. The van der Waals surface area contributed by atoms with Gasteiger partial charge in [-0.15, -0.1) is 12.4 Å². The Bertz CT molecular complexity index is 1150. The molecule has 0 radical (unpaired) electrons.